The number of imide groups is 1. The Morgan fingerprint density at radius 2 is 2.10 bits per heavy atom. The Morgan fingerprint density at radius 3 is 2.86 bits per heavy atom. The first-order chi connectivity index (χ1) is 14.0. The summed E-state index contributed by atoms with van der Waals surface area (Å²) in [4.78, 5) is 60.1. The highest BCUT2D eigenvalue weighted by molar-refractivity contribution is 6.06. The van der Waals surface area contributed by atoms with Crippen molar-refractivity contribution in [2.45, 2.75) is 44.7 Å². The zero-order valence-corrected chi connectivity index (χ0v) is 15.9. The number of aldehydes is 1. The van der Waals surface area contributed by atoms with Gasteiger partial charge in [0.15, 0.2) is 0 Å². The molecular weight excluding hydrogens is 378 g/mol. The highest BCUT2D eigenvalue weighted by atomic mass is 16.5. The molecule has 0 saturated carbocycles. The first-order valence-corrected chi connectivity index (χ1v) is 9.59. The minimum atomic E-state index is -0.692. The molecule has 154 valence electrons. The summed E-state index contributed by atoms with van der Waals surface area (Å²) in [5.74, 6) is -1.26. The molecule has 2 aliphatic heterocycles. The second-order valence-electron chi connectivity index (χ2n) is 6.98. The van der Waals surface area contributed by atoms with E-state index in [4.69, 9.17) is 4.74 Å². The molecule has 1 atom stereocenters. The Balaban J connectivity index is 1.60. The highest BCUT2D eigenvalue weighted by Crippen LogP contribution is 2.32. The van der Waals surface area contributed by atoms with Gasteiger partial charge < -0.3 is 19.7 Å². The molecule has 2 heterocycles. The van der Waals surface area contributed by atoms with Crippen LogP contribution in [0.1, 0.15) is 48.0 Å². The SMILES string of the molecule is O=CCOCCCCC(=O)Nc1cccc2c1CN(C1CCC(=O)NC1=O)C2=O. The molecule has 1 aromatic rings. The number of piperidine rings is 1. The van der Waals surface area contributed by atoms with Gasteiger partial charge in [-0.2, -0.15) is 0 Å². The lowest BCUT2D eigenvalue weighted by Gasteiger charge is -2.29. The fraction of sp³-hybridized carbons (Fsp3) is 0.450. The largest absolute Gasteiger partial charge is 0.374 e. The van der Waals surface area contributed by atoms with Crippen molar-refractivity contribution in [3.63, 3.8) is 0 Å². The molecule has 1 saturated heterocycles. The predicted molar refractivity (Wildman–Crippen MR) is 102 cm³/mol. The van der Waals surface area contributed by atoms with E-state index < -0.39 is 11.9 Å². The summed E-state index contributed by atoms with van der Waals surface area (Å²) in [6, 6.07) is 4.39. The van der Waals surface area contributed by atoms with Gasteiger partial charge in [-0.25, -0.2) is 0 Å². The number of amides is 4. The number of ether oxygens (including phenoxy) is 1. The third-order valence-corrected chi connectivity index (χ3v) is 4.98. The monoisotopic (exact) mass is 401 g/mol. The van der Waals surface area contributed by atoms with Crippen molar-refractivity contribution in [1.82, 2.24) is 10.2 Å². The highest BCUT2D eigenvalue weighted by Gasteiger charge is 2.39. The van der Waals surface area contributed by atoms with Gasteiger partial charge in [0.05, 0.1) is 0 Å². The lowest BCUT2D eigenvalue weighted by molar-refractivity contribution is -0.137. The number of nitrogens with zero attached hydrogens (tertiary/aromatic N) is 1. The molecular formula is C20H23N3O6. The zero-order valence-electron chi connectivity index (χ0n) is 15.9. The van der Waals surface area contributed by atoms with Gasteiger partial charge in [-0.15, -0.1) is 0 Å². The summed E-state index contributed by atoms with van der Waals surface area (Å²) in [5, 5.41) is 5.11. The molecule has 0 radical (unpaired) electrons. The Morgan fingerprint density at radius 1 is 1.28 bits per heavy atom. The van der Waals surface area contributed by atoms with Crippen molar-refractivity contribution in [3.05, 3.63) is 29.3 Å². The van der Waals surface area contributed by atoms with Crippen LogP contribution in [0.4, 0.5) is 5.69 Å². The maximum Gasteiger partial charge on any atom is 0.255 e. The number of rotatable bonds is 9. The van der Waals surface area contributed by atoms with Gasteiger partial charge >= 0.3 is 0 Å². The third kappa shape index (κ3) is 4.86. The minimum Gasteiger partial charge on any atom is -0.374 e. The number of nitrogens with one attached hydrogen (secondary N) is 2. The van der Waals surface area contributed by atoms with Crippen LogP contribution in [-0.4, -0.2) is 54.1 Å². The number of anilines is 1. The fourth-order valence-electron chi connectivity index (χ4n) is 3.54. The number of hydrogen-bond acceptors (Lipinski definition) is 6. The minimum absolute atomic E-state index is 0.0556. The van der Waals surface area contributed by atoms with Crippen LogP contribution in [0.3, 0.4) is 0 Å². The van der Waals surface area contributed by atoms with Gasteiger partial charge in [0.25, 0.3) is 5.91 Å². The lowest BCUT2D eigenvalue weighted by atomic mass is 10.0. The topological polar surface area (TPSA) is 122 Å². The normalized spacial score (nSPS) is 18.4. The van der Waals surface area contributed by atoms with Gasteiger partial charge in [-0.05, 0) is 31.4 Å². The quantitative estimate of drug-likeness (QED) is 0.358. The van der Waals surface area contributed by atoms with Crippen LogP contribution in [0.5, 0.6) is 0 Å². The second kappa shape index (κ2) is 9.42. The van der Waals surface area contributed by atoms with Gasteiger partial charge in [0.2, 0.25) is 17.7 Å². The van der Waals surface area contributed by atoms with Crippen LogP contribution >= 0.6 is 0 Å². The van der Waals surface area contributed by atoms with E-state index >= 15 is 0 Å². The van der Waals surface area contributed by atoms with E-state index in [-0.39, 0.29) is 43.7 Å². The van der Waals surface area contributed by atoms with E-state index in [1.807, 2.05) is 0 Å². The Kier molecular flexibility index (Phi) is 6.71. The molecule has 1 aromatic carbocycles. The molecule has 0 aliphatic carbocycles. The summed E-state index contributed by atoms with van der Waals surface area (Å²) in [6.07, 6.45) is 2.73. The lowest BCUT2D eigenvalue weighted by Crippen LogP contribution is -2.52. The van der Waals surface area contributed by atoms with E-state index in [1.165, 1.54) is 4.90 Å². The van der Waals surface area contributed by atoms with Gasteiger partial charge in [0, 0.05) is 42.8 Å². The summed E-state index contributed by atoms with van der Waals surface area (Å²) in [6.45, 7) is 0.679. The molecule has 4 amide bonds. The summed E-state index contributed by atoms with van der Waals surface area (Å²) in [7, 11) is 0. The standard InChI is InChI=1S/C20H23N3O6/c24-9-11-29-10-2-1-6-17(25)21-15-5-3-4-13-14(15)12-23(20(13)28)16-7-8-18(26)22-19(16)27/h3-5,9,16H,1-2,6-8,10-12H2,(H,21,25)(H,22,26,27). The van der Waals surface area contributed by atoms with Crippen LogP contribution < -0.4 is 10.6 Å². The van der Waals surface area contributed by atoms with Crippen molar-refractivity contribution >= 4 is 35.6 Å². The Bertz CT molecular complexity index is 838. The molecule has 1 fully saturated rings. The Labute approximate surface area is 167 Å². The molecule has 0 bridgehead atoms. The molecule has 3 rings (SSSR count). The van der Waals surface area contributed by atoms with E-state index in [2.05, 4.69) is 10.6 Å². The van der Waals surface area contributed by atoms with E-state index in [9.17, 15) is 24.0 Å². The maximum atomic E-state index is 12.8. The zero-order chi connectivity index (χ0) is 20.8. The number of hydrogen-bond donors (Lipinski definition) is 2. The molecule has 1 unspecified atom stereocenters. The molecule has 0 aromatic heterocycles. The summed E-state index contributed by atoms with van der Waals surface area (Å²) < 4.78 is 5.04. The number of carbonyl (C=O) groups is 5. The van der Waals surface area contributed by atoms with Gasteiger partial charge in [0.1, 0.15) is 18.9 Å². The molecule has 9 nitrogen and oxygen atoms in total. The first-order valence-electron chi connectivity index (χ1n) is 9.59. The number of unbranched alkanes of at least 4 members (excludes halogenated alkanes) is 1. The van der Waals surface area contributed by atoms with Crippen molar-refractivity contribution in [1.29, 1.82) is 0 Å². The first kappa shape index (κ1) is 20.7. The number of fused-ring (bicyclic) bond motifs is 1. The van der Waals surface area contributed by atoms with Crippen LogP contribution in [0.15, 0.2) is 18.2 Å². The van der Waals surface area contributed by atoms with Crippen LogP contribution in [0.2, 0.25) is 0 Å². The van der Waals surface area contributed by atoms with Gasteiger partial charge in [-0.3, -0.25) is 24.5 Å². The predicted octanol–water partition coefficient (Wildman–Crippen LogP) is 0.772. The Hall–Kier alpha value is -3.07. The fourth-order valence-corrected chi connectivity index (χ4v) is 3.54. The number of carbonyl (C=O) groups excluding carboxylic acids is 5. The van der Waals surface area contributed by atoms with Crippen molar-refractivity contribution < 1.29 is 28.7 Å². The smallest absolute Gasteiger partial charge is 0.255 e. The van der Waals surface area contributed by atoms with E-state index in [0.717, 1.165) is 0 Å². The molecule has 0 spiro atoms. The van der Waals surface area contributed by atoms with E-state index in [0.29, 0.717) is 49.0 Å². The second-order valence-corrected chi connectivity index (χ2v) is 6.98. The van der Waals surface area contributed by atoms with Crippen molar-refractivity contribution in [2.75, 3.05) is 18.5 Å². The van der Waals surface area contributed by atoms with Gasteiger partial charge in [-0.1, -0.05) is 6.07 Å². The average molecular weight is 401 g/mol. The molecule has 2 N–H and O–H groups in total. The van der Waals surface area contributed by atoms with Crippen molar-refractivity contribution in [2.24, 2.45) is 0 Å². The van der Waals surface area contributed by atoms with Crippen LogP contribution in [0, 0.1) is 0 Å². The molecule has 9 heteroatoms. The molecule has 2 aliphatic rings. The number of benzene rings is 1. The summed E-state index contributed by atoms with van der Waals surface area (Å²) in [5.41, 5.74) is 1.67. The van der Waals surface area contributed by atoms with Crippen LogP contribution in [-0.2, 0) is 30.5 Å². The maximum absolute atomic E-state index is 12.8. The van der Waals surface area contributed by atoms with E-state index in [1.54, 1.807) is 18.2 Å². The molecule has 29 heavy (non-hydrogen) atoms. The third-order valence-electron chi connectivity index (χ3n) is 4.98. The summed E-state index contributed by atoms with van der Waals surface area (Å²) >= 11 is 0. The average Bonchev–Trinajstić information content (AvgIpc) is 3.02. The van der Waals surface area contributed by atoms with Crippen molar-refractivity contribution in [3.8, 4) is 0 Å². The van der Waals surface area contributed by atoms with Crippen LogP contribution in [0.25, 0.3) is 0 Å².